The maximum atomic E-state index is 13.5. The van der Waals surface area contributed by atoms with E-state index in [1.54, 1.807) is 30.2 Å². The number of aromatic nitrogens is 4. The molecule has 0 aliphatic heterocycles. The fraction of sp³-hybridized carbons (Fsp3) is 0.190. The number of hydrogen-bond donors (Lipinski definition) is 3. The van der Waals surface area contributed by atoms with E-state index in [1.165, 1.54) is 12.4 Å². The minimum absolute atomic E-state index is 0.223. The van der Waals surface area contributed by atoms with Crippen molar-refractivity contribution in [3.05, 3.63) is 78.3 Å². The zero-order chi connectivity index (χ0) is 20.1. The maximum absolute atomic E-state index is 13.5. The molecule has 8 heteroatoms. The lowest BCUT2D eigenvalue weighted by molar-refractivity contribution is 0.629. The van der Waals surface area contributed by atoms with Crippen LogP contribution in [-0.2, 0) is 13.0 Å². The van der Waals surface area contributed by atoms with E-state index in [0.29, 0.717) is 13.1 Å². The van der Waals surface area contributed by atoms with Crippen molar-refractivity contribution in [3.8, 4) is 5.69 Å². The Morgan fingerprint density at radius 2 is 2.03 bits per heavy atom. The quantitative estimate of drug-likeness (QED) is 0.349. The van der Waals surface area contributed by atoms with E-state index >= 15 is 0 Å². The summed E-state index contributed by atoms with van der Waals surface area (Å²) in [6.45, 7) is 1.34. The van der Waals surface area contributed by atoms with Gasteiger partial charge in [-0.25, -0.2) is 14.1 Å². The smallest absolute Gasteiger partial charge is 0.191 e. The number of benzene rings is 2. The molecule has 4 aromatic rings. The van der Waals surface area contributed by atoms with Gasteiger partial charge in [-0.2, -0.15) is 5.10 Å². The van der Waals surface area contributed by atoms with Crippen molar-refractivity contribution in [1.82, 2.24) is 30.4 Å². The number of H-pyrrole nitrogens is 1. The summed E-state index contributed by atoms with van der Waals surface area (Å²) in [6, 6.07) is 12.9. The average Bonchev–Trinajstić information content (AvgIpc) is 3.41. The van der Waals surface area contributed by atoms with Crippen LogP contribution < -0.4 is 10.6 Å². The molecular weight excluding hydrogens is 369 g/mol. The Kier molecular flexibility index (Phi) is 5.51. The number of rotatable bonds is 6. The zero-order valence-corrected chi connectivity index (χ0v) is 16.1. The fourth-order valence-electron chi connectivity index (χ4n) is 3.19. The highest BCUT2D eigenvalue weighted by Gasteiger charge is 2.06. The minimum atomic E-state index is -0.223. The number of aromatic amines is 1. The van der Waals surface area contributed by atoms with Gasteiger partial charge in [0.1, 0.15) is 18.5 Å². The number of guanidine groups is 1. The molecule has 0 atom stereocenters. The van der Waals surface area contributed by atoms with Crippen LogP contribution in [0.4, 0.5) is 4.39 Å². The first-order valence-electron chi connectivity index (χ1n) is 9.37. The third-order valence-electron chi connectivity index (χ3n) is 4.72. The number of fused-ring (bicyclic) bond motifs is 1. The van der Waals surface area contributed by atoms with Crippen LogP contribution in [-0.4, -0.2) is 39.3 Å². The van der Waals surface area contributed by atoms with Gasteiger partial charge in [0.05, 0.1) is 5.69 Å². The first kappa shape index (κ1) is 18.7. The molecule has 0 aliphatic carbocycles. The van der Waals surface area contributed by atoms with Crippen molar-refractivity contribution in [3.63, 3.8) is 0 Å². The summed E-state index contributed by atoms with van der Waals surface area (Å²) in [5, 5.41) is 11.6. The largest absolute Gasteiger partial charge is 0.361 e. The third-order valence-corrected chi connectivity index (χ3v) is 4.72. The van der Waals surface area contributed by atoms with Gasteiger partial charge < -0.3 is 15.6 Å². The Labute approximate surface area is 167 Å². The molecule has 0 aliphatic rings. The molecule has 4 rings (SSSR count). The van der Waals surface area contributed by atoms with Crippen molar-refractivity contribution in [2.75, 3.05) is 13.6 Å². The van der Waals surface area contributed by atoms with Gasteiger partial charge in [0.15, 0.2) is 5.96 Å². The van der Waals surface area contributed by atoms with Crippen LogP contribution in [0.1, 0.15) is 11.1 Å². The predicted molar refractivity (Wildman–Crippen MR) is 112 cm³/mol. The van der Waals surface area contributed by atoms with Gasteiger partial charge in [0.25, 0.3) is 0 Å². The van der Waals surface area contributed by atoms with Crippen LogP contribution in [0.25, 0.3) is 16.6 Å². The van der Waals surface area contributed by atoms with E-state index in [9.17, 15) is 4.39 Å². The Hall–Kier alpha value is -3.68. The summed E-state index contributed by atoms with van der Waals surface area (Å²) in [5.74, 6) is 0.495. The Morgan fingerprint density at radius 3 is 2.79 bits per heavy atom. The fourth-order valence-corrected chi connectivity index (χ4v) is 3.19. The molecule has 0 saturated heterocycles. The predicted octanol–water partition coefficient (Wildman–Crippen LogP) is 2.80. The molecule has 148 valence electrons. The molecule has 0 unspecified atom stereocenters. The summed E-state index contributed by atoms with van der Waals surface area (Å²) >= 11 is 0. The van der Waals surface area contributed by atoms with Crippen molar-refractivity contribution < 1.29 is 4.39 Å². The normalized spacial score (nSPS) is 11.7. The molecule has 0 fully saturated rings. The SMILES string of the molecule is CN=C(NCCc1c[nH]c2ccc(F)cc12)NCc1ccc(-n2cncn2)cc1. The van der Waals surface area contributed by atoms with Crippen molar-refractivity contribution in [1.29, 1.82) is 0 Å². The monoisotopic (exact) mass is 391 g/mol. The van der Waals surface area contributed by atoms with E-state index < -0.39 is 0 Å². The van der Waals surface area contributed by atoms with Gasteiger partial charge in [-0.05, 0) is 47.9 Å². The van der Waals surface area contributed by atoms with Crippen LogP contribution in [0.3, 0.4) is 0 Å². The van der Waals surface area contributed by atoms with Crippen molar-refractivity contribution in [2.24, 2.45) is 4.99 Å². The summed E-state index contributed by atoms with van der Waals surface area (Å²) in [7, 11) is 1.74. The molecule has 0 radical (unpaired) electrons. The van der Waals surface area contributed by atoms with Gasteiger partial charge >= 0.3 is 0 Å². The second kappa shape index (κ2) is 8.55. The topological polar surface area (TPSA) is 82.9 Å². The molecule has 0 bridgehead atoms. The summed E-state index contributed by atoms with van der Waals surface area (Å²) in [5.41, 5.74) is 4.11. The molecule has 0 saturated carbocycles. The van der Waals surface area contributed by atoms with E-state index in [4.69, 9.17) is 0 Å². The molecule has 2 heterocycles. The molecule has 0 amide bonds. The van der Waals surface area contributed by atoms with Crippen LogP contribution >= 0.6 is 0 Å². The highest BCUT2D eigenvalue weighted by molar-refractivity contribution is 5.83. The van der Waals surface area contributed by atoms with Crippen molar-refractivity contribution >= 4 is 16.9 Å². The zero-order valence-electron chi connectivity index (χ0n) is 16.1. The lowest BCUT2D eigenvalue weighted by atomic mass is 10.1. The summed E-state index contributed by atoms with van der Waals surface area (Å²) in [6.07, 6.45) is 5.87. The Morgan fingerprint density at radius 1 is 1.17 bits per heavy atom. The van der Waals surface area contributed by atoms with Crippen LogP contribution in [0.2, 0.25) is 0 Å². The number of halogens is 1. The molecular formula is C21H22FN7. The molecule has 2 aromatic carbocycles. The van der Waals surface area contributed by atoms with Crippen LogP contribution in [0.15, 0.2) is 66.3 Å². The Balaban J connectivity index is 1.29. The van der Waals surface area contributed by atoms with Crippen LogP contribution in [0.5, 0.6) is 0 Å². The van der Waals surface area contributed by atoms with E-state index in [2.05, 4.69) is 30.7 Å². The lowest BCUT2D eigenvalue weighted by Gasteiger charge is -2.12. The summed E-state index contributed by atoms with van der Waals surface area (Å²) in [4.78, 5) is 11.4. The maximum Gasteiger partial charge on any atom is 0.191 e. The molecule has 29 heavy (non-hydrogen) atoms. The molecule has 2 aromatic heterocycles. The number of nitrogens with one attached hydrogen (secondary N) is 3. The Bertz CT molecular complexity index is 1100. The van der Waals surface area contributed by atoms with Gasteiger partial charge in [-0.3, -0.25) is 4.99 Å². The second-order valence-corrected chi connectivity index (χ2v) is 6.61. The standard InChI is InChI=1S/C21H22FN7/c1-23-21(25-9-8-16-12-26-20-7-4-17(22)10-19(16)20)27-11-15-2-5-18(6-3-15)29-14-24-13-28-29/h2-7,10,12-14,26H,8-9,11H2,1H3,(H2,23,25,27). The first-order valence-corrected chi connectivity index (χ1v) is 9.37. The van der Waals surface area contributed by atoms with Gasteiger partial charge in [-0.1, -0.05) is 12.1 Å². The number of hydrogen-bond acceptors (Lipinski definition) is 3. The van der Waals surface area contributed by atoms with E-state index in [0.717, 1.165) is 40.1 Å². The number of aliphatic imine (C=N–C) groups is 1. The third kappa shape index (κ3) is 4.43. The molecule has 7 nitrogen and oxygen atoms in total. The second-order valence-electron chi connectivity index (χ2n) is 6.61. The minimum Gasteiger partial charge on any atom is -0.361 e. The van der Waals surface area contributed by atoms with E-state index in [-0.39, 0.29) is 5.82 Å². The van der Waals surface area contributed by atoms with Crippen molar-refractivity contribution in [2.45, 2.75) is 13.0 Å². The lowest BCUT2D eigenvalue weighted by Crippen LogP contribution is -2.37. The highest BCUT2D eigenvalue weighted by Crippen LogP contribution is 2.19. The van der Waals surface area contributed by atoms with Gasteiger partial charge in [0.2, 0.25) is 0 Å². The average molecular weight is 391 g/mol. The summed E-state index contributed by atoms with van der Waals surface area (Å²) < 4.78 is 15.2. The number of nitrogens with zero attached hydrogens (tertiary/aromatic N) is 4. The van der Waals surface area contributed by atoms with Gasteiger partial charge in [0, 0.05) is 37.2 Å². The van der Waals surface area contributed by atoms with Crippen LogP contribution in [0, 0.1) is 5.82 Å². The van der Waals surface area contributed by atoms with Gasteiger partial charge in [-0.15, -0.1) is 0 Å². The molecule has 3 N–H and O–H groups in total. The van der Waals surface area contributed by atoms with E-state index in [1.807, 2.05) is 30.5 Å². The highest BCUT2D eigenvalue weighted by atomic mass is 19.1. The molecule has 0 spiro atoms. The first-order chi connectivity index (χ1) is 14.2.